The number of carbonyl (C=O) groups is 1. The highest BCUT2D eigenvalue weighted by atomic mass is 16.6. The number of nitrogens with one attached hydrogen (secondary N) is 1. The number of nitrogens with zero attached hydrogens (tertiary/aromatic N) is 1. The van der Waals surface area contributed by atoms with E-state index >= 15 is 0 Å². The third-order valence-electron chi connectivity index (χ3n) is 3.27. The molecule has 4 N–H and O–H groups in total. The summed E-state index contributed by atoms with van der Waals surface area (Å²) in [7, 11) is 0. The van der Waals surface area contributed by atoms with E-state index in [2.05, 4.69) is 18.5 Å². The Bertz CT molecular complexity index is 475. The monoisotopic (exact) mass is 268 g/mol. The summed E-state index contributed by atoms with van der Waals surface area (Å²) >= 11 is 0. The maximum Gasteiger partial charge on any atom is 0.248 e. The normalized spacial score (nSPS) is 38.1. The molecule has 2 aliphatic heterocycles. The molecule has 2 rings (SSSR count). The van der Waals surface area contributed by atoms with E-state index in [1.54, 1.807) is 0 Å². The van der Waals surface area contributed by atoms with Crippen molar-refractivity contribution in [3.63, 3.8) is 0 Å². The van der Waals surface area contributed by atoms with Gasteiger partial charge >= 0.3 is 0 Å². The molecule has 7 heteroatoms. The smallest absolute Gasteiger partial charge is 0.248 e. The first kappa shape index (κ1) is 13.6. The van der Waals surface area contributed by atoms with Crippen molar-refractivity contribution in [3.8, 4) is 0 Å². The fraction of sp³-hybridized carbons (Fsp3) is 0.417. The lowest BCUT2D eigenvalue weighted by molar-refractivity contribution is -0.160. The van der Waals surface area contributed by atoms with E-state index in [9.17, 15) is 20.1 Å². The van der Waals surface area contributed by atoms with Crippen molar-refractivity contribution in [2.45, 2.75) is 31.2 Å². The Morgan fingerprint density at radius 1 is 1.58 bits per heavy atom. The predicted molar refractivity (Wildman–Crippen MR) is 64.9 cm³/mol. The van der Waals surface area contributed by atoms with Crippen molar-refractivity contribution in [1.82, 2.24) is 10.2 Å². The van der Waals surface area contributed by atoms with Gasteiger partial charge in [0.1, 0.15) is 11.9 Å². The van der Waals surface area contributed by atoms with E-state index in [-0.39, 0.29) is 11.3 Å². The maximum absolute atomic E-state index is 11.1. The van der Waals surface area contributed by atoms with Crippen LogP contribution in [-0.2, 0) is 9.53 Å². The number of ether oxygens (including phenoxy) is 1. The first-order chi connectivity index (χ1) is 8.78. The highest BCUT2D eigenvalue weighted by molar-refractivity contribution is 5.88. The SMILES string of the molecule is C=C1O[C@@H](N2C=CC(=O)NC2O)[C@@](O)(C(=C)C)[C@@H]1O. The molecule has 0 aliphatic carbocycles. The van der Waals surface area contributed by atoms with Crippen molar-refractivity contribution < 1.29 is 24.9 Å². The number of hydrogen-bond donors (Lipinski definition) is 4. The van der Waals surface area contributed by atoms with Gasteiger partial charge in [-0.25, -0.2) is 0 Å². The summed E-state index contributed by atoms with van der Waals surface area (Å²) in [5, 5.41) is 32.6. The van der Waals surface area contributed by atoms with Crippen molar-refractivity contribution in [2.24, 2.45) is 0 Å². The van der Waals surface area contributed by atoms with Gasteiger partial charge in [-0.1, -0.05) is 13.2 Å². The second kappa shape index (κ2) is 4.37. The van der Waals surface area contributed by atoms with Crippen molar-refractivity contribution in [2.75, 3.05) is 0 Å². The molecule has 7 nitrogen and oxygen atoms in total. The summed E-state index contributed by atoms with van der Waals surface area (Å²) in [6.07, 6.45) is -1.45. The number of aliphatic hydroxyl groups excluding tert-OH is 2. The number of carbonyl (C=O) groups excluding carboxylic acids is 1. The van der Waals surface area contributed by atoms with Crippen LogP contribution in [0.5, 0.6) is 0 Å². The van der Waals surface area contributed by atoms with Gasteiger partial charge in [0.25, 0.3) is 0 Å². The molecule has 2 aliphatic rings. The standard InChI is InChI=1S/C12H16N2O5/c1-6(2)12(18)9(16)7(3)19-10(12)14-5-4-8(15)13-11(14)17/h4-5,9-11,16-18H,1,3H2,2H3,(H,13,15)/t9-,10-,11?,12-/m1/s1. The van der Waals surface area contributed by atoms with Crippen molar-refractivity contribution in [1.29, 1.82) is 0 Å². The fourth-order valence-corrected chi connectivity index (χ4v) is 2.10. The molecule has 1 unspecified atom stereocenters. The molecule has 0 aromatic rings. The van der Waals surface area contributed by atoms with Gasteiger partial charge in [-0.15, -0.1) is 0 Å². The molecule has 1 fully saturated rings. The van der Waals surface area contributed by atoms with Gasteiger partial charge in [-0.2, -0.15) is 0 Å². The van der Waals surface area contributed by atoms with Crippen LogP contribution in [0.3, 0.4) is 0 Å². The van der Waals surface area contributed by atoms with E-state index in [1.165, 1.54) is 19.2 Å². The molecular weight excluding hydrogens is 252 g/mol. The average Bonchev–Trinajstić information content (AvgIpc) is 2.55. The summed E-state index contributed by atoms with van der Waals surface area (Å²) in [6.45, 7) is 8.66. The van der Waals surface area contributed by atoms with Gasteiger partial charge in [0.2, 0.25) is 18.5 Å². The van der Waals surface area contributed by atoms with Crippen molar-refractivity contribution >= 4 is 5.91 Å². The average molecular weight is 268 g/mol. The van der Waals surface area contributed by atoms with Crippen LogP contribution in [0.2, 0.25) is 0 Å². The van der Waals surface area contributed by atoms with Crippen LogP contribution in [-0.4, -0.2) is 50.4 Å². The molecule has 2 heterocycles. The molecule has 19 heavy (non-hydrogen) atoms. The second-order valence-electron chi connectivity index (χ2n) is 4.59. The first-order valence-corrected chi connectivity index (χ1v) is 5.64. The molecule has 0 aromatic heterocycles. The number of aliphatic hydroxyl groups is 3. The minimum Gasteiger partial charge on any atom is -0.469 e. The van der Waals surface area contributed by atoms with E-state index in [1.807, 2.05) is 0 Å². The minimum atomic E-state index is -1.83. The molecule has 0 radical (unpaired) electrons. The van der Waals surface area contributed by atoms with Crippen LogP contribution in [0.1, 0.15) is 6.92 Å². The van der Waals surface area contributed by atoms with Gasteiger partial charge in [-0.3, -0.25) is 9.69 Å². The molecular formula is C12H16N2O5. The lowest BCUT2D eigenvalue weighted by atomic mass is 9.88. The van der Waals surface area contributed by atoms with Gasteiger partial charge in [0.15, 0.2) is 5.60 Å². The molecule has 0 bridgehead atoms. The predicted octanol–water partition coefficient (Wildman–Crippen LogP) is -1.25. The summed E-state index contributed by atoms with van der Waals surface area (Å²) in [5.74, 6) is -0.506. The summed E-state index contributed by atoms with van der Waals surface area (Å²) in [6, 6.07) is 0. The molecule has 1 saturated heterocycles. The van der Waals surface area contributed by atoms with Crippen LogP contribution >= 0.6 is 0 Å². The Morgan fingerprint density at radius 3 is 2.74 bits per heavy atom. The Morgan fingerprint density at radius 2 is 2.21 bits per heavy atom. The zero-order chi connectivity index (χ0) is 14.4. The lowest BCUT2D eigenvalue weighted by Gasteiger charge is -2.40. The summed E-state index contributed by atoms with van der Waals surface area (Å²) in [4.78, 5) is 12.2. The molecule has 0 saturated carbocycles. The summed E-state index contributed by atoms with van der Waals surface area (Å²) in [5.41, 5.74) is -1.58. The highest BCUT2D eigenvalue weighted by Crippen LogP contribution is 2.40. The topological polar surface area (TPSA) is 102 Å². The van der Waals surface area contributed by atoms with Crippen LogP contribution in [0.25, 0.3) is 0 Å². The van der Waals surface area contributed by atoms with Gasteiger partial charge in [0.05, 0.1) is 0 Å². The zero-order valence-corrected chi connectivity index (χ0v) is 10.4. The van der Waals surface area contributed by atoms with Crippen LogP contribution in [0, 0.1) is 0 Å². The summed E-state index contributed by atoms with van der Waals surface area (Å²) < 4.78 is 5.30. The van der Waals surface area contributed by atoms with Gasteiger partial charge in [0, 0.05) is 12.3 Å². The number of rotatable bonds is 2. The van der Waals surface area contributed by atoms with Gasteiger partial charge < -0.3 is 25.4 Å². The second-order valence-corrected chi connectivity index (χ2v) is 4.59. The van der Waals surface area contributed by atoms with E-state index in [4.69, 9.17) is 4.74 Å². The van der Waals surface area contributed by atoms with Crippen LogP contribution < -0.4 is 5.32 Å². The lowest BCUT2D eigenvalue weighted by Crippen LogP contribution is -2.60. The number of hydrogen-bond acceptors (Lipinski definition) is 6. The van der Waals surface area contributed by atoms with E-state index < -0.39 is 30.2 Å². The Hall–Kier alpha value is -1.83. The quantitative estimate of drug-likeness (QED) is 0.467. The Balaban J connectivity index is 2.38. The Kier molecular flexibility index (Phi) is 3.13. The highest BCUT2D eigenvalue weighted by Gasteiger charge is 2.57. The largest absolute Gasteiger partial charge is 0.469 e. The van der Waals surface area contributed by atoms with Crippen LogP contribution in [0.15, 0.2) is 36.8 Å². The maximum atomic E-state index is 11.1. The third kappa shape index (κ3) is 1.92. The molecule has 4 atom stereocenters. The molecule has 104 valence electrons. The van der Waals surface area contributed by atoms with Crippen molar-refractivity contribution in [3.05, 3.63) is 36.8 Å². The molecule has 0 aromatic carbocycles. The van der Waals surface area contributed by atoms with Gasteiger partial charge in [-0.05, 0) is 12.5 Å². The van der Waals surface area contributed by atoms with Crippen LogP contribution in [0.4, 0.5) is 0 Å². The Labute approximate surface area is 110 Å². The minimum absolute atomic E-state index is 0.0343. The zero-order valence-electron chi connectivity index (χ0n) is 10.4. The first-order valence-electron chi connectivity index (χ1n) is 5.64. The van der Waals surface area contributed by atoms with E-state index in [0.717, 1.165) is 4.90 Å². The van der Waals surface area contributed by atoms with E-state index in [0.29, 0.717) is 0 Å². The third-order valence-corrected chi connectivity index (χ3v) is 3.27. The fourth-order valence-electron chi connectivity index (χ4n) is 2.10. The molecule has 0 spiro atoms. The number of amides is 1. The molecule has 1 amide bonds.